The number of fused-ring (bicyclic) bond motifs is 3. The minimum Gasteiger partial charge on any atom is -0.497 e. The number of anilines is 1. The number of imidazole rings is 1. The molecule has 1 aliphatic rings. The fraction of sp³-hybridized carbons (Fsp3) is 0.174. The highest BCUT2D eigenvalue weighted by atomic mass is 19.1. The number of rotatable bonds is 3. The quantitative estimate of drug-likeness (QED) is 0.527. The third kappa shape index (κ3) is 2.80. The summed E-state index contributed by atoms with van der Waals surface area (Å²) in [5.74, 6) is 1.44. The lowest BCUT2D eigenvalue weighted by Crippen LogP contribution is -2.27. The van der Waals surface area contributed by atoms with Gasteiger partial charge in [0.2, 0.25) is 5.95 Å². The maximum Gasteiger partial charge on any atom is 0.204 e. The molecule has 3 aromatic carbocycles. The molecule has 2 atom stereocenters. The Morgan fingerprint density at radius 1 is 1.00 bits per heavy atom. The number of ether oxygens (including phenoxy) is 1. The van der Waals surface area contributed by atoms with Crippen LogP contribution in [-0.2, 0) is 0 Å². The third-order valence-electron chi connectivity index (χ3n) is 5.42. The predicted molar refractivity (Wildman–Crippen MR) is 108 cm³/mol. The highest BCUT2D eigenvalue weighted by Crippen LogP contribution is 2.41. The topological polar surface area (TPSA) is 39.1 Å². The largest absolute Gasteiger partial charge is 0.497 e. The summed E-state index contributed by atoms with van der Waals surface area (Å²) in [5.41, 5.74) is 4.26. The Labute approximate surface area is 162 Å². The molecule has 140 valence electrons. The van der Waals surface area contributed by atoms with Gasteiger partial charge in [-0.05, 0) is 53.9 Å². The molecule has 1 N–H and O–H groups in total. The van der Waals surface area contributed by atoms with Crippen molar-refractivity contribution in [2.24, 2.45) is 0 Å². The summed E-state index contributed by atoms with van der Waals surface area (Å²) in [6.45, 7) is 0. The zero-order chi connectivity index (χ0) is 19.1. The number of hydrogen-bond acceptors (Lipinski definition) is 3. The summed E-state index contributed by atoms with van der Waals surface area (Å²) in [7, 11) is 1.68. The Hall–Kier alpha value is -3.34. The zero-order valence-electron chi connectivity index (χ0n) is 15.5. The van der Waals surface area contributed by atoms with Crippen molar-refractivity contribution in [1.82, 2.24) is 9.55 Å². The summed E-state index contributed by atoms with van der Waals surface area (Å²) < 4.78 is 21.1. The predicted octanol–water partition coefficient (Wildman–Crippen LogP) is 5.33. The molecular weight excluding hydrogens is 353 g/mol. The lowest BCUT2D eigenvalue weighted by Gasteiger charge is -2.33. The molecule has 4 nitrogen and oxygen atoms in total. The first kappa shape index (κ1) is 16.8. The van der Waals surface area contributed by atoms with E-state index in [1.54, 1.807) is 7.11 Å². The molecule has 0 radical (unpaired) electrons. The van der Waals surface area contributed by atoms with E-state index in [1.807, 2.05) is 42.5 Å². The van der Waals surface area contributed by atoms with Gasteiger partial charge in [0.1, 0.15) is 11.6 Å². The van der Waals surface area contributed by atoms with Gasteiger partial charge in [0.15, 0.2) is 0 Å². The smallest absolute Gasteiger partial charge is 0.204 e. The molecule has 1 aromatic heterocycles. The van der Waals surface area contributed by atoms with E-state index < -0.39 is 0 Å². The molecule has 0 aliphatic carbocycles. The van der Waals surface area contributed by atoms with Crippen LogP contribution in [-0.4, -0.2) is 16.7 Å². The van der Waals surface area contributed by atoms with Crippen LogP contribution in [0.4, 0.5) is 10.3 Å². The SMILES string of the molecule is COc1cccc([C@H]2C[C@H](c3ccc(F)cc3)Nc3nc4ccccc4n32)c1. The van der Waals surface area contributed by atoms with Gasteiger partial charge in [0.05, 0.1) is 30.2 Å². The van der Waals surface area contributed by atoms with Crippen molar-refractivity contribution in [2.45, 2.75) is 18.5 Å². The molecular formula is C23H20FN3O. The van der Waals surface area contributed by atoms with Crippen LogP contribution in [0.15, 0.2) is 72.8 Å². The first-order valence-electron chi connectivity index (χ1n) is 9.36. The normalized spacial score (nSPS) is 18.5. The molecule has 28 heavy (non-hydrogen) atoms. The van der Waals surface area contributed by atoms with Gasteiger partial charge < -0.3 is 14.6 Å². The molecule has 0 bridgehead atoms. The summed E-state index contributed by atoms with van der Waals surface area (Å²) in [4.78, 5) is 4.81. The average molecular weight is 373 g/mol. The number of halogens is 1. The van der Waals surface area contributed by atoms with Crippen molar-refractivity contribution in [2.75, 3.05) is 12.4 Å². The van der Waals surface area contributed by atoms with Crippen LogP contribution >= 0.6 is 0 Å². The first-order chi connectivity index (χ1) is 13.7. The molecule has 0 unspecified atom stereocenters. The maximum atomic E-state index is 13.4. The third-order valence-corrected chi connectivity index (χ3v) is 5.42. The van der Waals surface area contributed by atoms with Crippen molar-refractivity contribution >= 4 is 17.0 Å². The monoisotopic (exact) mass is 373 g/mol. The summed E-state index contributed by atoms with van der Waals surface area (Å²) >= 11 is 0. The van der Waals surface area contributed by atoms with Gasteiger partial charge >= 0.3 is 0 Å². The van der Waals surface area contributed by atoms with Crippen molar-refractivity contribution in [3.05, 3.63) is 89.7 Å². The second-order valence-electron chi connectivity index (χ2n) is 7.07. The molecule has 2 heterocycles. The number of benzene rings is 3. The Balaban J connectivity index is 1.66. The van der Waals surface area contributed by atoms with Gasteiger partial charge in [-0.2, -0.15) is 0 Å². The van der Waals surface area contributed by atoms with Crippen LogP contribution in [0.25, 0.3) is 11.0 Å². The van der Waals surface area contributed by atoms with Crippen LogP contribution < -0.4 is 10.1 Å². The second-order valence-corrected chi connectivity index (χ2v) is 7.07. The highest BCUT2D eigenvalue weighted by molar-refractivity contribution is 5.79. The van der Waals surface area contributed by atoms with Crippen LogP contribution in [0, 0.1) is 5.82 Å². The Bertz CT molecular complexity index is 1140. The molecule has 5 heteroatoms. The second kappa shape index (κ2) is 6.68. The number of hydrogen-bond donors (Lipinski definition) is 1. The van der Waals surface area contributed by atoms with E-state index in [4.69, 9.17) is 9.72 Å². The van der Waals surface area contributed by atoms with Gasteiger partial charge in [0.25, 0.3) is 0 Å². The highest BCUT2D eigenvalue weighted by Gasteiger charge is 2.31. The Morgan fingerprint density at radius 2 is 1.82 bits per heavy atom. The first-order valence-corrected chi connectivity index (χ1v) is 9.36. The molecule has 4 aromatic rings. The molecule has 0 amide bonds. The number of para-hydroxylation sites is 2. The minimum atomic E-state index is -0.226. The van der Waals surface area contributed by atoms with Crippen LogP contribution in [0.1, 0.15) is 29.6 Å². The lowest BCUT2D eigenvalue weighted by atomic mass is 9.92. The molecule has 0 spiro atoms. The summed E-state index contributed by atoms with van der Waals surface area (Å²) in [6.07, 6.45) is 0.826. The van der Waals surface area contributed by atoms with Gasteiger partial charge in [-0.1, -0.05) is 36.4 Å². The number of nitrogens with zero attached hydrogens (tertiary/aromatic N) is 2. The Kier molecular flexibility index (Phi) is 4.01. The zero-order valence-corrected chi connectivity index (χ0v) is 15.5. The molecule has 1 aliphatic heterocycles. The van der Waals surface area contributed by atoms with Gasteiger partial charge in [-0.25, -0.2) is 9.37 Å². The van der Waals surface area contributed by atoms with E-state index in [-0.39, 0.29) is 17.9 Å². The summed E-state index contributed by atoms with van der Waals surface area (Å²) in [6, 6.07) is 23.2. The number of methoxy groups -OCH3 is 1. The van der Waals surface area contributed by atoms with Crippen molar-refractivity contribution < 1.29 is 9.13 Å². The number of nitrogens with one attached hydrogen (secondary N) is 1. The average Bonchev–Trinajstić information content (AvgIpc) is 3.12. The lowest BCUT2D eigenvalue weighted by molar-refractivity contribution is 0.411. The molecule has 0 fully saturated rings. The van der Waals surface area contributed by atoms with E-state index >= 15 is 0 Å². The van der Waals surface area contributed by atoms with Gasteiger partial charge in [-0.3, -0.25) is 0 Å². The number of aromatic nitrogens is 2. The van der Waals surface area contributed by atoms with E-state index in [0.717, 1.165) is 40.3 Å². The molecule has 0 saturated heterocycles. The van der Waals surface area contributed by atoms with E-state index in [9.17, 15) is 4.39 Å². The van der Waals surface area contributed by atoms with Gasteiger partial charge in [0, 0.05) is 0 Å². The van der Waals surface area contributed by atoms with Crippen LogP contribution in [0.2, 0.25) is 0 Å². The minimum absolute atomic E-state index is 0.0427. The van der Waals surface area contributed by atoms with Crippen molar-refractivity contribution in [1.29, 1.82) is 0 Å². The van der Waals surface area contributed by atoms with Crippen LogP contribution in [0.5, 0.6) is 5.75 Å². The molecule has 5 rings (SSSR count). The van der Waals surface area contributed by atoms with E-state index in [2.05, 4.69) is 28.1 Å². The van der Waals surface area contributed by atoms with Crippen LogP contribution in [0.3, 0.4) is 0 Å². The maximum absolute atomic E-state index is 13.4. The van der Waals surface area contributed by atoms with E-state index in [1.165, 1.54) is 12.1 Å². The van der Waals surface area contributed by atoms with Crippen molar-refractivity contribution in [3.63, 3.8) is 0 Å². The van der Waals surface area contributed by atoms with E-state index in [0.29, 0.717) is 0 Å². The summed E-state index contributed by atoms with van der Waals surface area (Å²) in [5, 5.41) is 3.55. The standard InChI is InChI=1S/C23H20FN3O/c1-28-18-6-4-5-16(13-18)22-14-20(15-9-11-17(24)12-10-15)26-23-25-19-7-2-3-8-21(19)27(22)23/h2-13,20,22H,14H2,1H3,(H,25,26)/t20-,22-/m1/s1. The van der Waals surface area contributed by atoms with Crippen molar-refractivity contribution in [3.8, 4) is 5.75 Å². The fourth-order valence-corrected chi connectivity index (χ4v) is 4.05. The molecule has 0 saturated carbocycles. The van der Waals surface area contributed by atoms with Gasteiger partial charge in [-0.15, -0.1) is 0 Å². The fourth-order valence-electron chi connectivity index (χ4n) is 4.05. The Morgan fingerprint density at radius 3 is 2.64 bits per heavy atom.